The molecule has 0 aliphatic rings. The number of halogens is 1. The van der Waals surface area contributed by atoms with Crippen LogP contribution in [0.25, 0.3) is 0 Å². The zero-order valence-corrected chi connectivity index (χ0v) is 18.3. The fraction of sp³-hybridized carbons (Fsp3) is 0.136. The zero-order valence-electron chi connectivity index (χ0n) is 16.6. The zero-order chi connectivity index (χ0) is 22.4. The maximum absolute atomic E-state index is 13.0. The third-order valence-corrected chi connectivity index (χ3v) is 6.71. The number of carboxylic acid groups (broad SMARTS) is 1. The number of anilines is 1. The van der Waals surface area contributed by atoms with Crippen molar-refractivity contribution in [2.24, 2.45) is 0 Å². The highest BCUT2D eigenvalue weighted by molar-refractivity contribution is 7.97. The highest BCUT2D eigenvalue weighted by Crippen LogP contribution is 2.20. The summed E-state index contributed by atoms with van der Waals surface area (Å²) in [7, 11) is -3.78. The van der Waals surface area contributed by atoms with Gasteiger partial charge in [0.25, 0.3) is 10.0 Å². The molecule has 6 nitrogen and oxygen atoms in total. The van der Waals surface area contributed by atoms with Gasteiger partial charge >= 0.3 is 5.97 Å². The second-order valence-electron chi connectivity index (χ2n) is 6.78. The fourth-order valence-electron chi connectivity index (χ4n) is 2.79. The summed E-state index contributed by atoms with van der Waals surface area (Å²) in [6, 6.07) is 16.9. The lowest BCUT2D eigenvalue weighted by Gasteiger charge is -2.09. The van der Waals surface area contributed by atoms with E-state index in [0.717, 1.165) is 22.6 Å². The molecule has 162 valence electrons. The van der Waals surface area contributed by atoms with Gasteiger partial charge in [0.2, 0.25) is 0 Å². The van der Waals surface area contributed by atoms with Crippen molar-refractivity contribution >= 4 is 33.6 Å². The molecule has 9 heteroatoms. The van der Waals surface area contributed by atoms with Crippen molar-refractivity contribution < 1.29 is 22.7 Å². The van der Waals surface area contributed by atoms with Crippen LogP contribution >= 0.6 is 11.9 Å². The minimum absolute atomic E-state index is 0.0126. The van der Waals surface area contributed by atoms with Crippen molar-refractivity contribution in [3.8, 4) is 0 Å². The minimum atomic E-state index is -3.78. The molecule has 0 aromatic heterocycles. The Hall–Kier alpha value is -2.88. The quantitative estimate of drug-likeness (QED) is 0.322. The summed E-state index contributed by atoms with van der Waals surface area (Å²) in [5, 5.41) is 9.19. The van der Waals surface area contributed by atoms with E-state index in [-0.39, 0.29) is 10.5 Å². The van der Waals surface area contributed by atoms with Crippen molar-refractivity contribution in [1.82, 2.24) is 4.72 Å². The summed E-state index contributed by atoms with van der Waals surface area (Å²) >= 11 is 1.36. The largest absolute Gasteiger partial charge is 0.478 e. The fourth-order valence-corrected chi connectivity index (χ4v) is 4.53. The third kappa shape index (κ3) is 6.30. The molecule has 0 amide bonds. The molecule has 3 N–H and O–H groups in total. The normalized spacial score (nSPS) is 11.3. The molecule has 0 atom stereocenters. The van der Waals surface area contributed by atoms with Gasteiger partial charge in [-0.2, -0.15) is 0 Å². The van der Waals surface area contributed by atoms with E-state index in [1.165, 1.54) is 24.1 Å². The smallest absolute Gasteiger partial charge is 0.335 e. The molecule has 3 rings (SSSR count). The topological polar surface area (TPSA) is 95.5 Å². The highest BCUT2D eigenvalue weighted by atomic mass is 32.2. The summed E-state index contributed by atoms with van der Waals surface area (Å²) in [5.74, 6) is -1.45. The van der Waals surface area contributed by atoms with E-state index in [9.17, 15) is 22.7 Å². The molecule has 0 heterocycles. The van der Waals surface area contributed by atoms with Crippen LogP contribution < -0.4 is 9.44 Å². The van der Waals surface area contributed by atoms with Crippen molar-refractivity contribution in [2.75, 3.05) is 11.3 Å². The first kappa shape index (κ1) is 22.8. The van der Waals surface area contributed by atoms with Crippen LogP contribution in [0.2, 0.25) is 0 Å². The minimum Gasteiger partial charge on any atom is -0.478 e. The predicted molar refractivity (Wildman–Crippen MR) is 119 cm³/mol. The Bertz CT molecular complexity index is 1170. The SMILES string of the molecule is Cc1ccc(SNCCc2ccc(NS(=O)(=O)c3ccc(F)cc3)cc2)cc1C(=O)O. The summed E-state index contributed by atoms with van der Waals surface area (Å²) in [6.07, 6.45) is 0.704. The first-order valence-electron chi connectivity index (χ1n) is 9.35. The van der Waals surface area contributed by atoms with Crippen LogP contribution in [0.3, 0.4) is 0 Å². The van der Waals surface area contributed by atoms with Crippen LogP contribution in [-0.2, 0) is 16.4 Å². The van der Waals surface area contributed by atoms with E-state index >= 15 is 0 Å². The average Bonchev–Trinajstić information content (AvgIpc) is 2.73. The molecule has 0 unspecified atom stereocenters. The van der Waals surface area contributed by atoms with E-state index < -0.39 is 21.8 Å². The second kappa shape index (κ2) is 9.95. The predicted octanol–water partition coefficient (Wildman–Crippen LogP) is 4.47. The molecule has 0 radical (unpaired) electrons. The molecule has 0 fully saturated rings. The molecule has 0 aliphatic heterocycles. The number of nitrogens with one attached hydrogen (secondary N) is 2. The summed E-state index contributed by atoms with van der Waals surface area (Å²) in [6.45, 7) is 2.40. The van der Waals surface area contributed by atoms with Gasteiger partial charge in [-0.3, -0.25) is 9.44 Å². The molecule has 0 saturated heterocycles. The van der Waals surface area contributed by atoms with Gasteiger partial charge in [-0.1, -0.05) is 18.2 Å². The second-order valence-corrected chi connectivity index (χ2v) is 9.43. The Morgan fingerprint density at radius 1 is 1.03 bits per heavy atom. The summed E-state index contributed by atoms with van der Waals surface area (Å²) in [4.78, 5) is 12.0. The van der Waals surface area contributed by atoms with Gasteiger partial charge < -0.3 is 5.11 Å². The van der Waals surface area contributed by atoms with Crippen LogP contribution in [0.4, 0.5) is 10.1 Å². The van der Waals surface area contributed by atoms with Gasteiger partial charge in [0.15, 0.2) is 0 Å². The number of rotatable bonds is 9. The Kier molecular flexibility index (Phi) is 7.32. The van der Waals surface area contributed by atoms with Crippen molar-refractivity contribution in [3.63, 3.8) is 0 Å². The number of sulfonamides is 1. The Balaban J connectivity index is 1.51. The van der Waals surface area contributed by atoms with E-state index in [4.69, 9.17) is 0 Å². The maximum Gasteiger partial charge on any atom is 0.335 e. The molecule has 3 aromatic carbocycles. The number of aryl methyl sites for hydroxylation is 1. The van der Waals surface area contributed by atoms with Crippen LogP contribution in [0.1, 0.15) is 21.5 Å². The summed E-state index contributed by atoms with van der Waals surface area (Å²) < 4.78 is 43.4. The Labute approximate surface area is 184 Å². The number of carbonyl (C=O) groups is 1. The molecule has 0 spiro atoms. The number of aromatic carboxylic acids is 1. The summed E-state index contributed by atoms with van der Waals surface area (Å²) in [5.41, 5.74) is 2.42. The van der Waals surface area contributed by atoms with E-state index in [1.54, 1.807) is 31.2 Å². The molecule has 0 saturated carbocycles. The lowest BCUT2D eigenvalue weighted by atomic mass is 10.1. The van der Waals surface area contributed by atoms with Crippen LogP contribution in [-0.4, -0.2) is 26.0 Å². The average molecular weight is 461 g/mol. The van der Waals surface area contributed by atoms with Crippen molar-refractivity contribution in [1.29, 1.82) is 0 Å². The van der Waals surface area contributed by atoms with Crippen LogP contribution in [0, 0.1) is 12.7 Å². The van der Waals surface area contributed by atoms with Gasteiger partial charge in [-0.05, 0) is 85.0 Å². The number of hydrogen-bond donors (Lipinski definition) is 3. The van der Waals surface area contributed by atoms with E-state index in [0.29, 0.717) is 24.2 Å². The Morgan fingerprint density at radius 3 is 2.35 bits per heavy atom. The van der Waals surface area contributed by atoms with Gasteiger partial charge in [0, 0.05) is 17.1 Å². The van der Waals surface area contributed by atoms with Crippen molar-refractivity contribution in [2.45, 2.75) is 23.1 Å². The molecular weight excluding hydrogens is 439 g/mol. The lowest BCUT2D eigenvalue weighted by Crippen LogP contribution is -2.13. The number of carboxylic acids is 1. The third-order valence-electron chi connectivity index (χ3n) is 4.48. The van der Waals surface area contributed by atoms with E-state index in [2.05, 4.69) is 9.44 Å². The lowest BCUT2D eigenvalue weighted by molar-refractivity contribution is 0.0696. The molecular formula is C22H21FN2O4S2. The van der Waals surface area contributed by atoms with Crippen LogP contribution in [0.5, 0.6) is 0 Å². The first-order chi connectivity index (χ1) is 14.7. The standard InChI is InChI=1S/C22H21FN2O4S2/c1-15-2-9-19(14-21(15)22(26)27)30-24-13-12-16-3-7-18(8-4-16)25-31(28,29)20-10-5-17(23)6-11-20/h2-11,14,24-25H,12-13H2,1H3,(H,26,27). The van der Waals surface area contributed by atoms with Gasteiger partial charge in [0.05, 0.1) is 10.5 Å². The number of benzene rings is 3. The van der Waals surface area contributed by atoms with Gasteiger partial charge in [-0.15, -0.1) is 0 Å². The van der Waals surface area contributed by atoms with Gasteiger partial charge in [0.1, 0.15) is 5.82 Å². The molecule has 0 aliphatic carbocycles. The van der Waals surface area contributed by atoms with Gasteiger partial charge in [-0.25, -0.2) is 17.6 Å². The van der Waals surface area contributed by atoms with Crippen LogP contribution in [0.15, 0.2) is 76.5 Å². The molecule has 31 heavy (non-hydrogen) atoms. The highest BCUT2D eigenvalue weighted by Gasteiger charge is 2.14. The molecule has 0 bridgehead atoms. The molecule has 3 aromatic rings. The first-order valence-corrected chi connectivity index (χ1v) is 11.7. The monoisotopic (exact) mass is 460 g/mol. The van der Waals surface area contributed by atoms with E-state index in [1.807, 2.05) is 18.2 Å². The number of hydrogen-bond acceptors (Lipinski definition) is 5. The maximum atomic E-state index is 13.0. The Morgan fingerprint density at radius 2 is 1.71 bits per heavy atom. The van der Waals surface area contributed by atoms with Crippen molar-refractivity contribution in [3.05, 3.63) is 89.2 Å².